The van der Waals surface area contributed by atoms with Crippen molar-refractivity contribution in [2.45, 2.75) is 5.66 Å². The SMILES string of the molecule is c1cc2c3c(c1)-c1cccc[n+]1C31c3c(ccc4c5oc6ccccc6c5c5ccc[n+]1c5c34)O2. The number of pyridine rings is 2. The van der Waals surface area contributed by atoms with E-state index in [1.807, 2.05) is 6.07 Å². The summed E-state index contributed by atoms with van der Waals surface area (Å²) in [4.78, 5) is 0. The molecule has 0 N–H and O–H groups in total. The van der Waals surface area contributed by atoms with Gasteiger partial charge < -0.3 is 9.15 Å². The van der Waals surface area contributed by atoms with Crippen LogP contribution >= 0.6 is 0 Å². The molecule has 4 heteroatoms. The van der Waals surface area contributed by atoms with Crippen LogP contribution < -0.4 is 13.9 Å². The Morgan fingerprint density at radius 2 is 1.46 bits per heavy atom. The number of furan rings is 1. The summed E-state index contributed by atoms with van der Waals surface area (Å²) >= 11 is 0. The van der Waals surface area contributed by atoms with Crippen molar-refractivity contribution in [2.24, 2.45) is 0 Å². The zero-order valence-corrected chi connectivity index (χ0v) is 18.4. The second-order valence-electron chi connectivity index (χ2n) is 9.71. The molecular formula is C31H16N2O2+2. The highest BCUT2D eigenvalue weighted by molar-refractivity contribution is 6.30. The Hall–Kier alpha value is -4.70. The molecule has 4 aromatic carbocycles. The first-order valence-corrected chi connectivity index (χ1v) is 12.0. The molecule has 1 atom stereocenters. The average Bonchev–Trinajstić information content (AvgIpc) is 3.55. The van der Waals surface area contributed by atoms with Gasteiger partial charge in [-0.05, 0) is 42.5 Å². The summed E-state index contributed by atoms with van der Waals surface area (Å²) < 4.78 is 18.1. The van der Waals surface area contributed by atoms with Gasteiger partial charge in [0.05, 0.1) is 16.3 Å². The lowest BCUT2D eigenvalue weighted by molar-refractivity contribution is -0.950. The topological polar surface area (TPSA) is 30.1 Å². The first-order valence-electron chi connectivity index (χ1n) is 12.0. The highest BCUT2D eigenvalue weighted by Crippen LogP contribution is 2.58. The van der Waals surface area contributed by atoms with Crippen LogP contribution in [-0.4, -0.2) is 0 Å². The zero-order valence-electron chi connectivity index (χ0n) is 18.4. The lowest BCUT2D eigenvalue weighted by Crippen LogP contribution is -2.71. The van der Waals surface area contributed by atoms with Crippen LogP contribution in [0.25, 0.3) is 54.9 Å². The number of benzene rings is 4. The van der Waals surface area contributed by atoms with Gasteiger partial charge in [-0.1, -0.05) is 24.3 Å². The van der Waals surface area contributed by atoms with E-state index in [1.165, 1.54) is 44.1 Å². The molecule has 35 heavy (non-hydrogen) atoms. The Morgan fingerprint density at radius 3 is 2.46 bits per heavy atom. The van der Waals surface area contributed by atoms with Crippen LogP contribution in [0.5, 0.6) is 11.5 Å². The van der Waals surface area contributed by atoms with Crippen LogP contribution in [0.15, 0.2) is 102 Å². The molecule has 1 spiro atoms. The molecule has 0 fully saturated rings. The summed E-state index contributed by atoms with van der Waals surface area (Å²) in [6.07, 6.45) is 4.45. The number of rotatable bonds is 0. The molecule has 0 saturated carbocycles. The van der Waals surface area contributed by atoms with E-state index < -0.39 is 5.66 Å². The zero-order chi connectivity index (χ0) is 22.5. The monoisotopic (exact) mass is 448 g/mol. The van der Waals surface area contributed by atoms with E-state index in [1.54, 1.807) is 0 Å². The van der Waals surface area contributed by atoms with Crippen molar-refractivity contribution in [3.8, 4) is 22.8 Å². The number of fused-ring (bicyclic) bond motifs is 7. The highest BCUT2D eigenvalue weighted by atomic mass is 16.5. The summed E-state index contributed by atoms with van der Waals surface area (Å²) in [6.45, 7) is 0. The van der Waals surface area contributed by atoms with Gasteiger partial charge in [0.25, 0.3) is 0 Å². The van der Waals surface area contributed by atoms with Crippen LogP contribution in [0, 0.1) is 0 Å². The van der Waals surface area contributed by atoms with E-state index in [4.69, 9.17) is 9.15 Å². The molecule has 10 rings (SSSR count). The Morgan fingerprint density at radius 1 is 0.600 bits per heavy atom. The fourth-order valence-corrected chi connectivity index (χ4v) is 7.16. The Labute approximate surface area is 198 Å². The van der Waals surface area contributed by atoms with E-state index >= 15 is 0 Å². The molecule has 3 aliphatic heterocycles. The van der Waals surface area contributed by atoms with Gasteiger partial charge in [-0.25, -0.2) is 0 Å². The average molecular weight is 448 g/mol. The summed E-state index contributed by atoms with van der Waals surface area (Å²) in [5, 5.41) is 5.89. The van der Waals surface area contributed by atoms with Crippen LogP contribution in [0.3, 0.4) is 0 Å². The van der Waals surface area contributed by atoms with Crippen molar-refractivity contribution in [1.29, 1.82) is 0 Å². The lowest BCUT2D eigenvalue weighted by Gasteiger charge is -2.25. The van der Waals surface area contributed by atoms with Gasteiger partial charge in [-0.3, -0.25) is 0 Å². The van der Waals surface area contributed by atoms with Gasteiger partial charge in [-0.2, -0.15) is 0 Å². The molecule has 0 radical (unpaired) electrons. The van der Waals surface area contributed by atoms with Crippen molar-refractivity contribution in [3.63, 3.8) is 0 Å². The van der Waals surface area contributed by atoms with Gasteiger partial charge in [-0.15, -0.1) is 9.13 Å². The fourth-order valence-electron chi connectivity index (χ4n) is 7.16. The van der Waals surface area contributed by atoms with E-state index in [0.717, 1.165) is 33.4 Å². The lowest BCUT2D eigenvalue weighted by atomic mass is 9.86. The van der Waals surface area contributed by atoms with E-state index in [2.05, 4.69) is 100 Å². The third-order valence-corrected chi connectivity index (χ3v) is 8.28. The number of hydrogen-bond donors (Lipinski definition) is 0. The number of nitrogens with zero attached hydrogens (tertiary/aromatic N) is 2. The van der Waals surface area contributed by atoms with E-state index in [9.17, 15) is 0 Å². The van der Waals surface area contributed by atoms with Gasteiger partial charge in [0.15, 0.2) is 23.5 Å². The van der Waals surface area contributed by atoms with Crippen molar-refractivity contribution in [3.05, 3.63) is 108 Å². The molecule has 4 nitrogen and oxygen atoms in total. The van der Waals surface area contributed by atoms with Gasteiger partial charge in [0, 0.05) is 34.4 Å². The third kappa shape index (κ3) is 1.56. The van der Waals surface area contributed by atoms with Gasteiger partial charge in [0.1, 0.15) is 22.7 Å². The molecule has 1 unspecified atom stereocenters. The highest BCUT2D eigenvalue weighted by Gasteiger charge is 2.70. The summed E-state index contributed by atoms with van der Waals surface area (Å²) in [7, 11) is 0. The molecule has 6 heterocycles. The summed E-state index contributed by atoms with van der Waals surface area (Å²) in [5.74, 6) is 1.83. The normalized spacial score (nSPS) is 18.1. The molecule has 0 amide bonds. The smallest absolute Gasteiger partial charge is 0.425 e. The minimum atomic E-state index is -0.536. The predicted molar refractivity (Wildman–Crippen MR) is 133 cm³/mol. The number of para-hydroxylation sites is 1. The van der Waals surface area contributed by atoms with Gasteiger partial charge >= 0.3 is 5.66 Å². The maximum absolute atomic E-state index is 6.63. The maximum atomic E-state index is 6.63. The third-order valence-electron chi connectivity index (χ3n) is 8.28. The minimum Gasteiger partial charge on any atom is -0.456 e. The molecular weight excluding hydrogens is 432 g/mol. The van der Waals surface area contributed by atoms with E-state index in [-0.39, 0.29) is 0 Å². The maximum Gasteiger partial charge on any atom is 0.425 e. The van der Waals surface area contributed by atoms with Gasteiger partial charge in [0.2, 0.25) is 11.2 Å². The number of ether oxygens (including phenoxy) is 1. The Balaban J connectivity index is 1.56. The molecule has 0 saturated heterocycles. The second kappa shape index (κ2) is 5.18. The Bertz CT molecular complexity index is 2160. The Kier molecular flexibility index (Phi) is 2.49. The van der Waals surface area contributed by atoms with Crippen molar-refractivity contribution >= 4 is 43.6 Å². The molecule has 160 valence electrons. The van der Waals surface area contributed by atoms with Crippen molar-refractivity contribution < 1.29 is 18.3 Å². The fraction of sp³-hybridized carbons (Fsp3) is 0.0323. The molecule has 0 bridgehead atoms. The molecule has 7 aromatic rings. The van der Waals surface area contributed by atoms with E-state index in [0.29, 0.717) is 0 Å². The quantitative estimate of drug-likeness (QED) is 0.205. The molecule has 3 aromatic heterocycles. The molecule has 3 aliphatic rings. The van der Waals surface area contributed by atoms with Crippen LogP contribution in [-0.2, 0) is 5.66 Å². The summed E-state index contributed by atoms with van der Waals surface area (Å²) in [6, 6.07) is 29.9. The first-order chi connectivity index (χ1) is 17.4. The predicted octanol–water partition coefficient (Wildman–Crippen LogP) is 6.16. The van der Waals surface area contributed by atoms with Crippen LogP contribution in [0.1, 0.15) is 11.1 Å². The molecule has 0 aliphatic carbocycles. The van der Waals surface area contributed by atoms with Crippen molar-refractivity contribution in [1.82, 2.24) is 0 Å². The standard InChI is InChI=1S/C31H16N2O2/c1-2-11-22-18(7-1)25-19-9-6-16-33-29(19)26-20(30(25)35-22)13-14-24-28(26)31(33)27-17(8-5-12-23(27)34-24)21-10-3-4-15-32(21)31/h1-16H/q+2. The number of aromatic nitrogens is 2. The summed E-state index contributed by atoms with van der Waals surface area (Å²) in [5.41, 5.74) is 7.39. The number of hydrogen-bond acceptors (Lipinski definition) is 2. The van der Waals surface area contributed by atoms with Crippen LogP contribution in [0.4, 0.5) is 0 Å². The largest absolute Gasteiger partial charge is 0.456 e. The second-order valence-corrected chi connectivity index (χ2v) is 9.71. The van der Waals surface area contributed by atoms with Crippen molar-refractivity contribution in [2.75, 3.05) is 0 Å². The van der Waals surface area contributed by atoms with Crippen LogP contribution in [0.2, 0.25) is 0 Å². The minimum absolute atomic E-state index is 0.536. The first kappa shape index (κ1) is 16.8.